The van der Waals surface area contributed by atoms with E-state index in [1.54, 1.807) is 37.4 Å². The zero-order valence-electron chi connectivity index (χ0n) is 21.2. The molecule has 0 aromatic heterocycles. The Kier molecular flexibility index (Phi) is 7.84. The van der Waals surface area contributed by atoms with Crippen molar-refractivity contribution < 1.29 is 33.6 Å². The van der Waals surface area contributed by atoms with Gasteiger partial charge in [-0.2, -0.15) is 0 Å². The van der Waals surface area contributed by atoms with Crippen molar-refractivity contribution in [2.24, 2.45) is 0 Å². The number of carbonyl (C=O) groups is 2. The molecule has 0 spiro atoms. The van der Waals surface area contributed by atoms with Crippen LogP contribution in [0.3, 0.4) is 0 Å². The first-order valence-corrected chi connectivity index (χ1v) is 12.2. The predicted octanol–water partition coefficient (Wildman–Crippen LogP) is 4.27. The highest BCUT2D eigenvalue weighted by molar-refractivity contribution is 6.46. The lowest BCUT2D eigenvalue weighted by molar-refractivity contribution is -0.140. The van der Waals surface area contributed by atoms with Gasteiger partial charge < -0.3 is 29.0 Å². The number of ether oxygens (including phenoxy) is 4. The van der Waals surface area contributed by atoms with Gasteiger partial charge in [0.2, 0.25) is 0 Å². The molecule has 1 N–H and O–H groups in total. The monoisotopic (exact) mass is 495 g/mol. The van der Waals surface area contributed by atoms with Crippen LogP contribution >= 0.6 is 0 Å². The second kappa shape index (κ2) is 11.0. The van der Waals surface area contributed by atoms with Crippen LogP contribution in [0.1, 0.15) is 49.4 Å². The number of aliphatic hydroxyl groups is 1. The molecule has 36 heavy (non-hydrogen) atoms. The Morgan fingerprint density at radius 3 is 2.67 bits per heavy atom. The third kappa shape index (κ3) is 5.04. The largest absolute Gasteiger partial charge is 0.507 e. The summed E-state index contributed by atoms with van der Waals surface area (Å²) in [6.45, 7) is 5.22. The second-order valence-corrected chi connectivity index (χ2v) is 9.19. The van der Waals surface area contributed by atoms with Crippen molar-refractivity contribution >= 4 is 17.4 Å². The zero-order chi connectivity index (χ0) is 25.8. The summed E-state index contributed by atoms with van der Waals surface area (Å²) in [5, 5.41) is 11.4. The number of aliphatic hydroxyl groups excluding tert-OH is 1. The lowest BCUT2D eigenvalue weighted by atomic mass is 9.93. The Morgan fingerprint density at radius 2 is 1.94 bits per heavy atom. The number of likely N-dealkylation sites (tertiary alicyclic amines) is 1. The number of Topliss-reactive ketones (excluding diaryl/α,β-unsaturated/α-hetero) is 1. The molecule has 0 aliphatic carbocycles. The van der Waals surface area contributed by atoms with Crippen LogP contribution in [0.25, 0.3) is 5.76 Å². The summed E-state index contributed by atoms with van der Waals surface area (Å²) >= 11 is 0. The fraction of sp³-hybridized carbons (Fsp3) is 0.429. The van der Waals surface area contributed by atoms with Crippen molar-refractivity contribution in [1.82, 2.24) is 4.90 Å². The number of rotatable bonds is 9. The Labute approximate surface area is 211 Å². The number of aryl methyl sites for hydroxylation is 1. The number of fused-ring (bicyclic) bond motifs is 1. The molecule has 2 heterocycles. The molecule has 4 rings (SSSR count). The first-order chi connectivity index (χ1) is 17.3. The molecular formula is C28H33NO7. The summed E-state index contributed by atoms with van der Waals surface area (Å²) in [7, 11) is 3.13. The summed E-state index contributed by atoms with van der Waals surface area (Å²) in [5.41, 5.74) is 2.13. The molecule has 1 atom stereocenters. The van der Waals surface area contributed by atoms with Crippen LogP contribution in [0.2, 0.25) is 0 Å². The number of hydrogen-bond acceptors (Lipinski definition) is 7. The second-order valence-electron chi connectivity index (χ2n) is 9.19. The van der Waals surface area contributed by atoms with Crippen molar-refractivity contribution in [3.05, 3.63) is 58.7 Å². The van der Waals surface area contributed by atoms with E-state index in [4.69, 9.17) is 18.9 Å². The molecule has 8 heteroatoms. The predicted molar refractivity (Wildman–Crippen MR) is 135 cm³/mol. The number of benzene rings is 2. The molecule has 8 nitrogen and oxygen atoms in total. The van der Waals surface area contributed by atoms with E-state index in [0.717, 1.165) is 24.2 Å². The molecule has 1 amide bonds. The summed E-state index contributed by atoms with van der Waals surface area (Å²) in [6.07, 6.45) is 2.19. The normalized spacial score (nSPS) is 18.8. The molecule has 0 radical (unpaired) electrons. The number of nitrogens with zero attached hydrogens (tertiary/aromatic N) is 1. The average molecular weight is 496 g/mol. The maximum absolute atomic E-state index is 13.3. The molecule has 0 saturated carbocycles. The third-order valence-corrected chi connectivity index (χ3v) is 6.34. The van der Waals surface area contributed by atoms with Crippen molar-refractivity contribution in [2.75, 3.05) is 34.0 Å². The van der Waals surface area contributed by atoms with Gasteiger partial charge in [0.25, 0.3) is 11.7 Å². The summed E-state index contributed by atoms with van der Waals surface area (Å²) in [4.78, 5) is 27.9. The molecule has 1 unspecified atom stereocenters. The Hall–Kier alpha value is -3.52. The number of hydrogen-bond donors (Lipinski definition) is 1. The lowest BCUT2D eigenvalue weighted by Gasteiger charge is -2.26. The fourth-order valence-electron chi connectivity index (χ4n) is 4.71. The quantitative estimate of drug-likeness (QED) is 0.240. The van der Waals surface area contributed by atoms with Gasteiger partial charge in [-0.25, -0.2) is 0 Å². The van der Waals surface area contributed by atoms with E-state index in [1.165, 1.54) is 12.0 Å². The van der Waals surface area contributed by atoms with Gasteiger partial charge in [0.05, 0.1) is 31.4 Å². The zero-order valence-corrected chi connectivity index (χ0v) is 21.2. The van der Waals surface area contributed by atoms with E-state index < -0.39 is 17.7 Å². The van der Waals surface area contributed by atoms with E-state index in [0.29, 0.717) is 48.8 Å². The highest BCUT2D eigenvalue weighted by Gasteiger charge is 2.46. The van der Waals surface area contributed by atoms with Crippen LogP contribution in [0, 0.1) is 0 Å². The molecule has 2 aromatic rings. The van der Waals surface area contributed by atoms with Gasteiger partial charge in [0.15, 0.2) is 11.5 Å². The molecular weight excluding hydrogens is 462 g/mol. The highest BCUT2D eigenvalue weighted by atomic mass is 16.5. The topological polar surface area (TPSA) is 94.5 Å². The van der Waals surface area contributed by atoms with Crippen molar-refractivity contribution in [2.45, 2.75) is 45.3 Å². The first-order valence-electron chi connectivity index (χ1n) is 12.2. The van der Waals surface area contributed by atoms with Crippen LogP contribution in [0.5, 0.6) is 17.2 Å². The number of carbonyl (C=O) groups excluding carboxylic acids is 2. The van der Waals surface area contributed by atoms with Gasteiger partial charge in [-0.05, 0) is 74.6 Å². The number of methoxy groups -OCH3 is 2. The van der Waals surface area contributed by atoms with E-state index in [1.807, 2.05) is 19.9 Å². The molecule has 1 fully saturated rings. The maximum Gasteiger partial charge on any atom is 0.295 e. The summed E-state index contributed by atoms with van der Waals surface area (Å²) in [6, 6.07) is 9.89. The van der Waals surface area contributed by atoms with Crippen molar-refractivity contribution in [3.8, 4) is 17.2 Å². The van der Waals surface area contributed by atoms with E-state index >= 15 is 0 Å². The molecule has 0 bridgehead atoms. The third-order valence-electron chi connectivity index (χ3n) is 6.34. The van der Waals surface area contributed by atoms with E-state index in [2.05, 4.69) is 0 Å². The minimum absolute atomic E-state index is 0.0497. The van der Waals surface area contributed by atoms with Gasteiger partial charge in [0.1, 0.15) is 11.5 Å². The SMILES string of the molecule is COCCCN1C(=O)C(=O)/C(=C(/O)c2ccc3c(c2)CCCO3)C1c1ccc(OC(C)C)c(OC)c1. The average Bonchev–Trinajstić information content (AvgIpc) is 3.13. The van der Waals surface area contributed by atoms with Gasteiger partial charge in [-0.15, -0.1) is 0 Å². The molecule has 1 saturated heterocycles. The minimum atomic E-state index is -0.781. The molecule has 192 valence electrons. The van der Waals surface area contributed by atoms with Crippen LogP contribution in [-0.2, 0) is 20.7 Å². The number of amides is 1. The summed E-state index contributed by atoms with van der Waals surface area (Å²) < 4.78 is 22.2. The van der Waals surface area contributed by atoms with Gasteiger partial charge >= 0.3 is 0 Å². The molecule has 2 aromatic carbocycles. The van der Waals surface area contributed by atoms with Crippen LogP contribution < -0.4 is 14.2 Å². The van der Waals surface area contributed by atoms with Crippen LogP contribution in [-0.4, -0.2) is 61.8 Å². The first kappa shape index (κ1) is 25.6. The number of ketones is 1. The van der Waals surface area contributed by atoms with Crippen molar-refractivity contribution in [1.29, 1.82) is 0 Å². The Bertz CT molecular complexity index is 1170. The maximum atomic E-state index is 13.3. The van der Waals surface area contributed by atoms with Crippen molar-refractivity contribution in [3.63, 3.8) is 0 Å². The lowest BCUT2D eigenvalue weighted by Crippen LogP contribution is -2.31. The Morgan fingerprint density at radius 1 is 1.14 bits per heavy atom. The van der Waals surface area contributed by atoms with Gasteiger partial charge in [0, 0.05) is 25.8 Å². The van der Waals surface area contributed by atoms with Crippen LogP contribution in [0.15, 0.2) is 42.0 Å². The smallest absolute Gasteiger partial charge is 0.295 e. The van der Waals surface area contributed by atoms with Gasteiger partial charge in [-0.1, -0.05) is 6.07 Å². The standard InChI is InChI=1S/C28H33NO7/c1-17(2)36-22-11-8-19(16-23(22)34-4)25-24(27(31)28(32)29(25)12-6-13-33-3)26(30)20-9-10-21-18(15-20)7-5-14-35-21/h8-11,15-17,25,30H,5-7,12-14H2,1-4H3/b26-24+. The van der Waals surface area contributed by atoms with E-state index in [-0.39, 0.29) is 17.4 Å². The minimum Gasteiger partial charge on any atom is -0.507 e. The summed E-state index contributed by atoms with van der Waals surface area (Å²) in [5.74, 6) is 0.241. The van der Waals surface area contributed by atoms with Gasteiger partial charge in [-0.3, -0.25) is 9.59 Å². The van der Waals surface area contributed by atoms with Crippen LogP contribution in [0.4, 0.5) is 0 Å². The molecule has 2 aliphatic heterocycles. The highest BCUT2D eigenvalue weighted by Crippen LogP contribution is 2.42. The Balaban J connectivity index is 1.82. The van der Waals surface area contributed by atoms with E-state index in [9.17, 15) is 14.7 Å². The fourth-order valence-corrected chi connectivity index (χ4v) is 4.71. The molecule has 2 aliphatic rings.